The van der Waals surface area contributed by atoms with Gasteiger partial charge in [0, 0.05) is 19.6 Å². The molecule has 0 bridgehead atoms. The third-order valence-corrected chi connectivity index (χ3v) is 4.82. The van der Waals surface area contributed by atoms with Crippen molar-refractivity contribution in [2.75, 3.05) is 19.6 Å². The maximum Gasteiger partial charge on any atom is 0.317 e. The van der Waals surface area contributed by atoms with Gasteiger partial charge in [-0.05, 0) is 42.9 Å². The lowest BCUT2D eigenvalue weighted by atomic mass is 10.0. The van der Waals surface area contributed by atoms with Crippen molar-refractivity contribution in [1.82, 2.24) is 10.2 Å². The predicted molar refractivity (Wildman–Crippen MR) is 84.9 cm³/mol. The number of carbonyl (C=O) groups excluding carboxylic acids is 1. The highest BCUT2D eigenvalue weighted by atomic mass is 32.2. The normalized spacial score (nSPS) is 19.0. The van der Waals surface area contributed by atoms with E-state index in [9.17, 15) is 13.2 Å². The summed E-state index contributed by atoms with van der Waals surface area (Å²) in [7, 11) is -3.65. The molecule has 0 spiro atoms. The van der Waals surface area contributed by atoms with Crippen LogP contribution in [-0.4, -0.2) is 39.0 Å². The minimum absolute atomic E-state index is 0.0206. The lowest BCUT2D eigenvalue weighted by Crippen LogP contribution is -2.45. The lowest BCUT2D eigenvalue weighted by Gasteiger charge is -2.30. The van der Waals surface area contributed by atoms with E-state index in [4.69, 9.17) is 5.14 Å². The molecule has 122 valence electrons. The van der Waals surface area contributed by atoms with Crippen LogP contribution in [0.5, 0.6) is 0 Å². The molecule has 1 aliphatic heterocycles. The van der Waals surface area contributed by atoms with Crippen LogP contribution in [0.15, 0.2) is 29.2 Å². The molecule has 6 nitrogen and oxygen atoms in total. The number of benzene rings is 1. The highest BCUT2D eigenvalue weighted by molar-refractivity contribution is 7.89. The summed E-state index contributed by atoms with van der Waals surface area (Å²) in [4.78, 5) is 14.0. The van der Waals surface area contributed by atoms with Crippen LogP contribution in [0.2, 0.25) is 0 Å². The summed E-state index contributed by atoms with van der Waals surface area (Å²) in [5, 5.41) is 7.96. The lowest BCUT2D eigenvalue weighted by molar-refractivity contribution is 0.170. The number of nitrogens with two attached hydrogens (primary N) is 1. The monoisotopic (exact) mass is 325 g/mol. The van der Waals surface area contributed by atoms with E-state index >= 15 is 0 Å². The number of nitrogens with one attached hydrogen (secondary N) is 1. The molecule has 2 rings (SSSR count). The van der Waals surface area contributed by atoms with Gasteiger partial charge in [0.15, 0.2) is 0 Å². The zero-order valence-electron chi connectivity index (χ0n) is 12.8. The fourth-order valence-corrected chi connectivity index (χ4v) is 3.16. The van der Waals surface area contributed by atoms with Crippen LogP contribution in [-0.2, 0) is 16.4 Å². The van der Waals surface area contributed by atoms with Gasteiger partial charge in [-0.1, -0.05) is 19.1 Å². The molecule has 1 fully saturated rings. The van der Waals surface area contributed by atoms with E-state index in [1.54, 1.807) is 12.1 Å². The molecule has 1 saturated heterocycles. The molecule has 0 unspecified atom stereocenters. The molecule has 1 aromatic carbocycles. The molecule has 2 amide bonds. The fourth-order valence-electron chi connectivity index (χ4n) is 2.65. The van der Waals surface area contributed by atoms with Gasteiger partial charge < -0.3 is 10.2 Å². The number of urea groups is 1. The molecule has 0 aromatic heterocycles. The number of hydrogen-bond acceptors (Lipinski definition) is 3. The number of rotatable bonds is 4. The summed E-state index contributed by atoms with van der Waals surface area (Å²) < 4.78 is 22.3. The van der Waals surface area contributed by atoms with Crippen molar-refractivity contribution < 1.29 is 13.2 Å². The van der Waals surface area contributed by atoms with Crippen molar-refractivity contribution in [1.29, 1.82) is 0 Å². The van der Waals surface area contributed by atoms with Gasteiger partial charge in [0.25, 0.3) is 0 Å². The summed E-state index contributed by atoms with van der Waals surface area (Å²) in [6.45, 7) is 4.32. The summed E-state index contributed by atoms with van der Waals surface area (Å²) >= 11 is 0. The largest absolute Gasteiger partial charge is 0.338 e. The third kappa shape index (κ3) is 4.71. The molecule has 0 radical (unpaired) electrons. The molecule has 22 heavy (non-hydrogen) atoms. The highest BCUT2D eigenvalue weighted by Crippen LogP contribution is 2.15. The van der Waals surface area contributed by atoms with Crippen LogP contribution in [0.1, 0.15) is 25.3 Å². The molecule has 0 saturated carbocycles. The van der Waals surface area contributed by atoms with Gasteiger partial charge in [0.1, 0.15) is 0 Å². The van der Waals surface area contributed by atoms with Crippen molar-refractivity contribution >= 4 is 16.1 Å². The summed E-state index contributed by atoms with van der Waals surface area (Å²) in [5.41, 5.74) is 0.958. The summed E-state index contributed by atoms with van der Waals surface area (Å²) in [5.74, 6) is 0.560. The Morgan fingerprint density at radius 3 is 2.64 bits per heavy atom. The Kier molecular flexibility index (Phi) is 5.42. The predicted octanol–water partition coefficient (Wildman–Crippen LogP) is 1.32. The molecule has 3 N–H and O–H groups in total. The van der Waals surface area contributed by atoms with Gasteiger partial charge in [-0.15, -0.1) is 0 Å². The van der Waals surface area contributed by atoms with Gasteiger partial charge in [-0.3, -0.25) is 0 Å². The maximum absolute atomic E-state index is 12.0. The van der Waals surface area contributed by atoms with E-state index < -0.39 is 10.0 Å². The Bertz CT molecular complexity index is 613. The Labute approximate surface area is 131 Å². The fraction of sp³-hybridized carbons (Fsp3) is 0.533. The molecule has 1 aliphatic rings. The minimum Gasteiger partial charge on any atom is -0.338 e. The number of likely N-dealkylation sites (tertiary alicyclic amines) is 1. The Balaban J connectivity index is 1.80. The first-order valence-electron chi connectivity index (χ1n) is 7.51. The second-order valence-electron chi connectivity index (χ2n) is 5.86. The van der Waals surface area contributed by atoms with Gasteiger partial charge >= 0.3 is 6.03 Å². The van der Waals surface area contributed by atoms with Crippen LogP contribution < -0.4 is 10.5 Å². The first-order chi connectivity index (χ1) is 10.4. The third-order valence-electron chi connectivity index (χ3n) is 3.89. The molecule has 1 heterocycles. The van der Waals surface area contributed by atoms with Gasteiger partial charge in [-0.25, -0.2) is 18.4 Å². The van der Waals surface area contributed by atoms with Crippen LogP contribution in [0.4, 0.5) is 4.79 Å². The van der Waals surface area contributed by atoms with Crippen molar-refractivity contribution in [2.24, 2.45) is 11.1 Å². The first-order valence-corrected chi connectivity index (χ1v) is 9.05. The Hall–Kier alpha value is -1.60. The molecular weight excluding hydrogens is 302 g/mol. The number of piperidine rings is 1. The summed E-state index contributed by atoms with van der Waals surface area (Å²) in [6, 6.07) is 6.38. The number of sulfonamides is 1. The zero-order chi connectivity index (χ0) is 16.2. The van der Waals surface area contributed by atoms with E-state index in [2.05, 4.69) is 12.2 Å². The Morgan fingerprint density at radius 2 is 2.05 bits per heavy atom. The van der Waals surface area contributed by atoms with Gasteiger partial charge in [0.05, 0.1) is 4.90 Å². The molecular formula is C15H23N3O3S. The topological polar surface area (TPSA) is 92.5 Å². The molecule has 1 aromatic rings. The number of carbonyl (C=O) groups is 1. The Morgan fingerprint density at radius 1 is 1.36 bits per heavy atom. The van der Waals surface area contributed by atoms with Crippen LogP contribution >= 0.6 is 0 Å². The second kappa shape index (κ2) is 7.11. The number of nitrogens with zero attached hydrogens (tertiary/aromatic N) is 1. The smallest absolute Gasteiger partial charge is 0.317 e. The summed E-state index contributed by atoms with van der Waals surface area (Å²) in [6.07, 6.45) is 2.89. The van der Waals surface area contributed by atoms with Gasteiger partial charge in [-0.2, -0.15) is 0 Å². The quantitative estimate of drug-likeness (QED) is 0.874. The van der Waals surface area contributed by atoms with Crippen molar-refractivity contribution in [3.05, 3.63) is 29.8 Å². The number of primary sulfonamides is 1. The van der Waals surface area contributed by atoms with Crippen LogP contribution in [0, 0.1) is 5.92 Å². The van der Waals surface area contributed by atoms with Crippen LogP contribution in [0.25, 0.3) is 0 Å². The average molecular weight is 325 g/mol. The first kappa shape index (κ1) is 16.8. The average Bonchev–Trinajstić information content (AvgIpc) is 2.47. The van der Waals surface area contributed by atoms with Crippen molar-refractivity contribution in [3.63, 3.8) is 0 Å². The molecule has 1 atom stereocenters. The number of hydrogen-bond donors (Lipinski definition) is 2. The SMILES string of the molecule is C[C@H]1CCCN(C(=O)NCCc2ccc(S(N)(=O)=O)cc2)C1. The minimum atomic E-state index is -3.65. The van der Waals surface area contributed by atoms with E-state index in [-0.39, 0.29) is 10.9 Å². The zero-order valence-corrected chi connectivity index (χ0v) is 13.6. The highest BCUT2D eigenvalue weighted by Gasteiger charge is 2.20. The van der Waals surface area contributed by atoms with E-state index in [1.807, 2.05) is 4.90 Å². The van der Waals surface area contributed by atoms with Crippen molar-refractivity contribution in [3.8, 4) is 0 Å². The van der Waals surface area contributed by atoms with E-state index in [1.165, 1.54) is 18.6 Å². The van der Waals surface area contributed by atoms with E-state index in [0.717, 1.165) is 25.1 Å². The van der Waals surface area contributed by atoms with Gasteiger partial charge in [0.2, 0.25) is 10.0 Å². The molecule has 0 aliphatic carbocycles. The van der Waals surface area contributed by atoms with Crippen molar-refractivity contribution in [2.45, 2.75) is 31.1 Å². The standard InChI is InChI=1S/C15H23N3O3S/c1-12-3-2-10-18(11-12)15(19)17-9-8-13-4-6-14(7-5-13)22(16,20)21/h4-7,12H,2-3,8-11H2,1H3,(H,17,19)(H2,16,20,21)/t12-/m0/s1. The van der Waals surface area contributed by atoms with E-state index in [0.29, 0.717) is 18.9 Å². The maximum atomic E-state index is 12.0. The number of amides is 2. The molecule has 7 heteroatoms. The van der Waals surface area contributed by atoms with Crippen LogP contribution in [0.3, 0.4) is 0 Å². The second-order valence-corrected chi connectivity index (χ2v) is 7.43.